The zero-order valence-corrected chi connectivity index (χ0v) is 10.3. The first kappa shape index (κ1) is 11.5. The zero-order valence-electron chi connectivity index (χ0n) is 9.44. The van der Waals surface area contributed by atoms with Gasteiger partial charge in [-0.1, -0.05) is 0 Å². The predicted molar refractivity (Wildman–Crippen MR) is 68.7 cm³/mol. The van der Waals surface area contributed by atoms with E-state index < -0.39 is 0 Å². The molecule has 88 valence electrons. The van der Waals surface area contributed by atoms with Crippen molar-refractivity contribution in [3.8, 4) is 0 Å². The van der Waals surface area contributed by atoms with Gasteiger partial charge in [0.1, 0.15) is 18.0 Å². The highest BCUT2D eigenvalue weighted by Crippen LogP contribution is 2.23. The van der Waals surface area contributed by atoms with Crippen LogP contribution in [0.3, 0.4) is 0 Å². The Balaban J connectivity index is 2.24. The number of anilines is 2. The van der Waals surface area contributed by atoms with Gasteiger partial charge in [-0.25, -0.2) is 15.8 Å². The number of nitrogens with zero attached hydrogens (tertiary/aromatic N) is 3. The number of hydrazine groups is 1. The van der Waals surface area contributed by atoms with Crippen LogP contribution in [-0.4, -0.2) is 34.6 Å². The molecular weight excluding hydrogens is 222 g/mol. The van der Waals surface area contributed by atoms with Crippen molar-refractivity contribution in [2.75, 3.05) is 34.9 Å². The smallest absolute Gasteiger partial charge is 0.148 e. The summed E-state index contributed by atoms with van der Waals surface area (Å²) < 4.78 is 0. The summed E-state index contributed by atoms with van der Waals surface area (Å²) in [5, 5.41) is 0. The normalized spacial score (nSPS) is 17.0. The molecule has 0 bridgehead atoms. The van der Waals surface area contributed by atoms with Gasteiger partial charge in [0.15, 0.2) is 0 Å². The van der Waals surface area contributed by atoms with Crippen LogP contribution in [0.4, 0.5) is 11.6 Å². The second kappa shape index (κ2) is 5.36. The maximum atomic E-state index is 5.42. The molecule has 1 aromatic heterocycles. The Morgan fingerprint density at radius 1 is 1.38 bits per heavy atom. The molecule has 0 amide bonds. The second-order valence-electron chi connectivity index (χ2n) is 3.77. The number of hydrogen-bond donors (Lipinski definition) is 2. The quantitative estimate of drug-likeness (QED) is 0.593. The third-order valence-electron chi connectivity index (χ3n) is 2.72. The van der Waals surface area contributed by atoms with Gasteiger partial charge < -0.3 is 10.3 Å². The van der Waals surface area contributed by atoms with Crippen molar-refractivity contribution in [2.45, 2.75) is 13.3 Å². The minimum Gasteiger partial charge on any atom is -0.355 e. The Labute approximate surface area is 99.8 Å². The number of aromatic nitrogens is 2. The van der Waals surface area contributed by atoms with E-state index in [-0.39, 0.29) is 0 Å². The highest BCUT2D eigenvalue weighted by molar-refractivity contribution is 7.99. The first-order valence-corrected chi connectivity index (χ1v) is 6.59. The molecular formula is C10H17N5S. The molecule has 6 heteroatoms. The van der Waals surface area contributed by atoms with Crippen molar-refractivity contribution in [3.63, 3.8) is 0 Å². The molecule has 2 rings (SSSR count). The molecule has 0 unspecified atom stereocenters. The first-order valence-electron chi connectivity index (χ1n) is 5.44. The predicted octanol–water partition coefficient (Wildman–Crippen LogP) is 1.01. The van der Waals surface area contributed by atoms with Gasteiger partial charge in [-0.3, -0.25) is 0 Å². The number of hydrogen-bond acceptors (Lipinski definition) is 6. The molecule has 1 aliphatic heterocycles. The van der Waals surface area contributed by atoms with Gasteiger partial charge in [0.25, 0.3) is 0 Å². The van der Waals surface area contributed by atoms with Gasteiger partial charge in [0.2, 0.25) is 0 Å². The summed E-state index contributed by atoms with van der Waals surface area (Å²) in [4.78, 5) is 10.8. The van der Waals surface area contributed by atoms with Crippen LogP contribution in [0.15, 0.2) is 6.33 Å². The van der Waals surface area contributed by atoms with E-state index >= 15 is 0 Å². The van der Waals surface area contributed by atoms with E-state index in [1.807, 2.05) is 18.7 Å². The van der Waals surface area contributed by atoms with Crippen molar-refractivity contribution in [3.05, 3.63) is 11.9 Å². The summed E-state index contributed by atoms with van der Waals surface area (Å²) in [5.74, 6) is 9.53. The van der Waals surface area contributed by atoms with E-state index in [1.54, 1.807) is 6.33 Å². The lowest BCUT2D eigenvalue weighted by Crippen LogP contribution is -2.28. The summed E-state index contributed by atoms with van der Waals surface area (Å²) in [6.45, 7) is 4.12. The fraction of sp³-hybridized carbons (Fsp3) is 0.600. The van der Waals surface area contributed by atoms with E-state index in [2.05, 4.69) is 20.3 Å². The second-order valence-corrected chi connectivity index (χ2v) is 4.99. The molecule has 0 radical (unpaired) electrons. The molecule has 1 saturated heterocycles. The third kappa shape index (κ3) is 2.38. The lowest BCUT2D eigenvalue weighted by molar-refractivity contribution is 0.794. The van der Waals surface area contributed by atoms with Gasteiger partial charge in [-0.05, 0) is 19.1 Å². The van der Waals surface area contributed by atoms with Crippen LogP contribution < -0.4 is 16.2 Å². The van der Waals surface area contributed by atoms with E-state index in [1.165, 1.54) is 12.2 Å². The summed E-state index contributed by atoms with van der Waals surface area (Å²) >= 11 is 2.00. The van der Waals surface area contributed by atoms with Gasteiger partial charge in [0, 0.05) is 24.4 Å². The SMILES string of the molecule is Cc1c(NN)ncnc1N1CCCSCC1. The first-order chi connectivity index (χ1) is 7.83. The standard InChI is InChI=1S/C10H17N5S/c1-8-9(14-11)12-7-13-10(8)15-3-2-5-16-6-4-15/h7H,2-6,11H2,1H3,(H,12,13,14). The van der Waals surface area contributed by atoms with Crippen LogP contribution >= 0.6 is 11.8 Å². The number of nitrogen functional groups attached to an aromatic ring is 1. The fourth-order valence-electron chi connectivity index (χ4n) is 1.86. The molecule has 0 atom stereocenters. The summed E-state index contributed by atoms with van der Waals surface area (Å²) in [6.07, 6.45) is 2.77. The monoisotopic (exact) mass is 239 g/mol. The number of nitrogens with two attached hydrogens (primary N) is 1. The highest BCUT2D eigenvalue weighted by atomic mass is 32.2. The van der Waals surface area contributed by atoms with Crippen molar-refractivity contribution < 1.29 is 0 Å². The Kier molecular flexibility index (Phi) is 3.84. The zero-order chi connectivity index (χ0) is 11.4. The maximum Gasteiger partial charge on any atom is 0.148 e. The molecule has 0 spiro atoms. The lowest BCUT2D eigenvalue weighted by Gasteiger charge is -2.23. The molecule has 0 aliphatic carbocycles. The Morgan fingerprint density at radius 3 is 3.06 bits per heavy atom. The van der Waals surface area contributed by atoms with Gasteiger partial charge >= 0.3 is 0 Å². The van der Waals surface area contributed by atoms with E-state index in [0.717, 1.165) is 30.2 Å². The molecule has 3 N–H and O–H groups in total. The maximum absolute atomic E-state index is 5.42. The minimum atomic E-state index is 0.710. The summed E-state index contributed by atoms with van der Waals surface area (Å²) in [6, 6.07) is 0. The van der Waals surface area contributed by atoms with Crippen molar-refractivity contribution in [1.82, 2.24) is 9.97 Å². The summed E-state index contributed by atoms with van der Waals surface area (Å²) in [5.41, 5.74) is 3.63. The fourth-order valence-corrected chi connectivity index (χ4v) is 2.75. The number of rotatable bonds is 2. The van der Waals surface area contributed by atoms with Crippen LogP contribution in [-0.2, 0) is 0 Å². The van der Waals surface area contributed by atoms with Crippen LogP contribution in [0, 0.1) is 6.92 Å². The largest absolute Gasteiger partial charge is 0.355 e. The lowest BCUT2D eigenvalue weighted by atomic mass is 10.2. The molecule has 1 aliphatic rings. The van der Waals surface area contributed by atoms with Gasteiger partial charge in [0.05, 0.1) is 0 Å². The van der Waals surface area contributed by atoms with Crippen LogP contribution in [0.25, 0.3) is 0 Å². The van der Waals surface area contributed by atoms with Gasteiger partial charge in [-0.15, -0.1) is 0 Å². The van der Waals surface area contributed by atoms with Crippen molar-refractivity contribution in [1.29, 1.82) is 0 Å². The average Bonchev–Trinajstić information content (AvgIpc) is 2.58. The van der Waals surface area contributed by atoms with Crippen molar-refractivity contribution in [2.24, 2.45) is 5.84 Å². The number of nitrogens with one attached hydrogen (secondary N) is 1. The average molecular weight is 239 g/mol. The third-order valence-corrected chi connectivity index (χ3v) is 3.76. The van der Waals surface area contributed by atoms with Crippen LogP contribution in [0.1, 0.15) is 12.0 Å². The van der Waals surface area contributed by atoms with Crippen LogP contribution in [0.2, 0.25) is 0 Å². The molecule has 0 saturated carbocycles. The Hall–Kier alpha value is -1.01. The highest BCUT2D eigenvalue weighted by Gasteiger charge is 2.15. The van der Waals surface area contributed by atoms with Crippen molar-refractivity contribution >= 4 is 23.4 Å². The minimum absolute atomic E-state index is 0.710. The topological polar surface area (TPSA) is 67.1 Å². The molecule has 2 heterocycles. The van der Waals surface area contributed by atoms with Crippen LogP contribution in [0.5, 0.6) is 0 Å². The van der Waals surface area contributed by atoms with E-state index in [9.17, 15) is 0 Å². The van der Waals surface area contributed by atoms with E-state index in [4.69, 9.17) is 5.84 Å². The number of thioether (sulfide) groups is 1. The molecule has 1 fully saturated rings. The molecule has 0 aromatic carbocycles. The molecule has 16 heavy (non-hydrogen) atoms. The Morgan fingerprint density at radius 2 is 2.25 bits per heavy atom. The van der Waals surface area contributed by atoms with E-state index in [0.29, 0.717) is 5.82 Å². The van der Waals surface area contributed by atoms with Gasteiger partial charge in [-0.2, -0.15) is 11.8 Å². The Bertz CT molecular complexity index is 349. The molecule has 5 nitrogen and oxygen atoms in total. The summed E-state index contributed by atoms with van der Waals surface area (Å²) in [7, 11) is 0. The molecule has 1 aromatic rings.